The van der Waals surface area contributed by atoms with Crippen LogP contribution in [0.15, 0.2) is 29.0 Å². The topological polar surface area (TPSA) is 182 Å². The number of aliphatic hydroxyl groups excluding tert-OH is 3. The number of nitrogens with two attached hydrogens (primary N) is 1. The SMILES string of the molecule is CCCC(C)(C)c1ccc2c(c1O)C(O)=C1C(=O)[C@]3(O)C(O)=C(C(N)=O)C(=O)[C@H](N(C)C)[C@H]3[C@@H](O)[C@H]1[C@@H]2C. The summed E-state index contributed by atoms with van der Waals surface area (Å²) in [5.41, 5.74) is 1.71. The Morgan fingerprint density at radius 3 is 2.29 bits per heavy atom. The molecule has 0 spiro atoms. The number of carbonyl (C=O) groups excluding carboxylic acids is 3. The second-order valence-electron chi connectivity index (χ2n) is 11.6. The molecule has 1 aromatic carbocycles. The van der Waals surface area contributed by atoms with Crippen molar-refractivity contribution in [3.8, 4) is 5.75 Å². The molecule has 1 amide bonds. The van der Waals surface area contributed by atoms with E-state index in [1.165, 1.54) is 19.0 Å². The Kier molecular flexibility index (Phi) is 6.54. The lowest BCUT2D eigenvalue weighted by atomic mass is 9.54. The molecule has 7 N–H and O–H groups in total. The van der Waals surface area contributed by atoms with Crippen molar-refractivity contribution in [3.05, 3.63) is 45.7 Å². The molecule has 0 aromatic heterocycles. The Morgan fingerprint density at radius 2 is 1.76 bits per heavy atom. The minimum Gasteiger partial charge on any atom is -0.508 e. The van der Waals surface area contributed by atoms with Gasteiger partial charge in [0.1, 0.15) is 22.8 Å². The van der Waals surface area contributed by atoms with Crippen molar-refractivity contribution >= 4 is 23.2 Å². The number of hydrogen-bond acceptors (Lipinski definition) is 9. The third-order valence-electron chi connectivity index (χ3n) is 8.73. The molecule has 4 rings (SSSR count). The van der Waals surface area contributed by atoms with Crippen molar-refractivity contribution < 1.29 is 39.9 Å². The Labute approximate surface area is 221 Å². The number of aromatic hydroxyl groups is 1. The van der Waals surface area contributed by atoms with Gasteiger partial charge in [-0.2, -0.15) is 0 Å². The zero-order chi connectivity index (χ0) is 28.6. The second kappa shape index (κ2) is 8.93. The number of phenolic OH excluding ortho intramolecular Hbond substituents is 1. The molecule has 0 bridgehead atoms. The molecule has 0 saturated heterocycles. The van der Waals surface area contributed by atoms with Gasteiger partial charge >= 0.3 is 0 Å². The van der Waals surface area contributed by atoms with E-state index >= 15 is 0 Å². The van der Waals surface area contributed by atoms with E-state index in [-0.39, 0.29) is 16.9 Å². The number of fused-ring (bicyclic) bond motifs is 3. The third kappa shape index (κ3) is 3.47. The highest BCUT2D eigenvalue weighted by atomic mass is 16.4. The molecule has 0 unspecified atom stereocenters. The number of Topliss-reactive ketones (excluding diaryl/α,β-unsaturated/α-hetero) is 2. The van der Waals surface area contributed by atoms with Gasteiger partial charge in [0.05, 0.1) is 23.6 Å². The summed E-state index contributed by atoms with van der Waals surface area (Å²) in [5.74, 6) is -8.79. The zero-order valence-electron chi connectivity index (χ0n) is 22.4. The zero-order valence-corrected chi connectivity index (χ0v) is 22.4. The molecule has 3 aliphatic rings. The maximum atomic E-state index is 14.0. The van der Waals surface area contributed by atoms with Gasteiger partial charge < -0.3 is 31.3 Å². The van der Waals surface area contributed by atoms with Crippen molar-refractivity contribution in [1.29, 1.82) is 0 Å². The van der Waals surface area contributed by atoms with Crippen LogP contribution in [0.3, 0.4) is 0 Å². The summed E-state index contributed by atoms with van der Waals surface area (Å²) >= 11 is 0. The average Bonchev–Trinajstić information content (AvgIpc) is 2.80. The van der Waals surface area contributed by atoms with Gasteiger partial charge in [-0.25, -0.2) is 0 Å². The fourth-order valence-electron chi connectivity index (χ4n) is 6.92. The first-order valence-electron chi connectivity index (χ1n) is 12.7. The van der Waals surface area contributed by atoms with Crippen LogP contribution >= 0.6 is 0 Å². The van der Waals surface area contributed by atoms with Gasteiger partial charge in [0, 0.05) is 17.1 Å². The lowest BCUT2D eigenvalue weighted by Crippen LogP contribution is -2.70. The number of phenols is 1. The summed E-state index contributed by atoms with van der Waals surface area (Å²) in [7, 11) is 2.95. The number of ketones is 2. The Hall–Kier alpha value is -3.21. The first kappa shape index (κ1) is 27.8. The van der Waals surface area contributed by atoms with E-state index in [1.807, 2.05) is 20.8 Å². The first-order chi connectivity index (χ1) is 17.5. The molecular weight excluding hydrogens is 492 g/mol. The number of hydrogen-bond donors (Lipinski definition) is 6. The van der Waals surface area contributed by atoms with E-state index < -0.39 is 75.5 Å². The highest BCUT2D eigenvalue weighted by molar-refractivity contribution is 6.24. The molecule has 38 heavy (non-hydrogen) atoms. The summed E-state index contributed by atoms with van der Waals surface area (Å²) in [6, 6.07) is 2.14. The van der Waals surface area contributed by atoms with Gasteiger partial charge in [-0.3, -0.25) is 19.3 Å². The number of likely N-dealkylation sites (N-methyl/N-ethyl adjacent to an activating group) is 1. The Bertz CT molecular complexity index is 1310. The van der Waals surface area contributed by atoms with Crippen LogP contribution in [-0.2, 0) is 19.8 Å². The van der Waals surface area contributed by atoms with E-state index in [0.29, 0.717) is 11.1 Å². The molecule has 1 saturated carbocycles. The predicted octanol–water partition coefficient (Wildman–Crippen LogP) is 1.57. The summed E-state index contributed by atoms with van der Waals surface area (Å²) in [5, 5.41) is 57.2. The van der Waals surface area contributed by atoms with Crippen LogP contribution in [0.4, 0.5) is 0 Å². The van der Waals surface area contributed by atoms with E-state index in [0.717, 1.165) is 12.8 Å². The van der Waals surface area contributed by atoms with Gasteiger partial charge in [0.2, 0.25) is 5.78 Å². The van der Waals surface area contributed by atoms with Crippen molar-refractivity contribution in [2.24, 2.45) is 17.6 Å². The average molecular weight is 529 g/mol. The van der Waals surface area contributed by atoms with Gasteiger partial charge in [0.15, 0.2) is 11.4 Å². The molecule has 3 aliphatic carbocycles. The molecule has 206 valence electrons. The summed E-state index contributed by atoms with van der Waals surface area (Å²) in [4.78, 5) is 40.7. The van der Waals surface area contributed by atoms with Gasteiger partial charge in [-0.05, 0) is 37.4 Å². The minimum absolute atomic E-state index is 0.0164. The Morgan fingerprint density at radius 1 is 1.16 bits per heavy atom. The maximum absolute atomic E-state index is 14.0. The van der Waals surface area contributed by atoms with Gasteiger partial charge in [-0.1, -0.05) is 46.2 Å². The van der Waals surface area contributed by atoms with Crippen molar-refractivity contribution in [3.63, 3.8) is 0 Å². The monoisotopic (exact) mass is 528 g/mol. The van der Waals surface area contributed by atoms with Crippen LogP contribution in [0, 0.1) is 11.8 Å². The lowest BCUT2D eigenvalue weighted by Gasteiger charge is -2.53. The number of benzene rings is 1. The fraction of sp³-hybridized carbons (Fsp3) is 0.536. The number of primary amides is 1. The highest BCUT2D eigenvalue weighted by Crippen LogP contribution is 2.57. The summed E-state index contributed by atoms with van der Waals surface area (Å²) in [6.07, 6.45) is -0.0276. The molecule has 1 fully saturated rings. The summed E-state index contributed by atoms with van der Waals surface area (Å²) in [6.45, 7) is 7.63. The molecule has 0 aliphatic heterocycles. The quantitative estimate of drug-likeness (QED) is 0.309. The molecule has 10 heteroatoms. The van der Waals surface area contributed by atoms with Crippen LogP contribution in [0.25, 0.3) is 5.76 Å². The first-order valence-corrected chi connectivity index (χ1v) is 12.7. The van der Waals surface area contributed by atoms with Crippen LogP contribution in [0.2, 0.25) is 0 Å². The van der Waals surface area contributed by atoms with E-state index in [2.05, 4.69) is 0 Å². The molecule has 10 nitrogen and oxygen atoms in total. The molecule has 0 radical (unpaired) electrons. The van der Waals surface area contributed by atoms with Gasteiger partial charge in [0.25, 0.3) is 5.91 Å². The van der Waals surface area contributed by atoms with Gasteiger partial charge in [-0.15, -0.1) is 0 Å². The summed E-state index contributed by atoms with van der Waals surface area (Å²) < 4.78 is 0. The molecular formula is C28H36N2O8. The Balaban J connectivity index is 2.03. The number of nitrogens with zero attached hydrogens (tertiary/aromatic N) is 1. The number of rotatable bonds is 5. The number of carbonyl (C=O) groups is 3. The van der Waals surface area contributed by atoms with E-state index in [9.17, 15) is 39.9 Å². The third-order valence-corrected chi connectivity index (χ3v) is 8.73. The minimum atomic E-state index is -2.92. The smallest absolute Gasteiger partial charge is 0.255 e. The van der Waals surface area contributed by atoms with Crippen LogP contribution in [0.5, 0.6) is 5.75 Å². The van der Waals surface area contributed by atoms with E-state index in [4.69, 9.17) is 5.73 Å². The van der Waals surface area contributed by atoms with E-state index in [1.54, 1.807) is 19.1 Å². The second-order valence-corrected chi connectivity index (χ2v) is 11.6. The largest absolute Gasteiger partial charge is 0.508 e. The lowest BCUT2D eigenvalue weighted by molar-refractivity contribution is -0.169. The normalized spacial score (nSPS) is 31.3. The van der Waals surface area contributed by atoms with Crippen LogP contribution in [0.1, 0.15) is 63.1 Å². The van der Waals surface area contributed by atoms with Crippen molar-refractivity contribution in [1.82, 2.24) is 4.90 Å². The standard InChI is InChI=1S/C28H36N2O8/c1-7-10-27(3,4)13-9-8-12-11(2)14-16(21(32)15(12)20(13)31)24(35)28(38)18(22(14)33)19(30(5)6)23(34)17(25(28)36)26(29)37/h8-9,11,14,18-19,22,31-33,36,38H,7,10H2,1-6H3,(H2,29,37)/t11-,14+,18+,19-,22+,28+/m1/s1. The predicted molar refractivity (Wildman–Crippen MR) is 138 cm³/mol. The van der Waals surface area contributed by atoms with Crippen LogP contribution < -0.4 is 5.73 Å². The van der Waals surface area contributed by atoms with Crippen LogP contribution in [-0.4, -0.2) is 79.7 Å². The molecule has 6 atom stereocenters. The molecule has 0 heterocycles. The number of aliphatic hydroxyl groups is 4. The van der Waals surface area contributed by atoms with Crippen molar-refractivity contribution in [2.75, 3.05) is 14.1 Å². The molecule has 1 aromatic rings. The highest BCUT2D eigenvalue weighted by Gasteiger charge is 2.68. The number of amides is 1. The fourth-order valence-corrected chi connectivity index (χ4v) is 6.92. The maximum Gasteiger partial charge on any atom is 0.255 e. The van der Waals surface area contributed by atoms with Crippen molar-refractivity contribution in [2.45, 2.75) is 69.6 Å².